The van der Waals surface area contributed by atoms with Crippen LogP contribution < -0.4 is 42.5 Å². The molecule has 2 aromatic carbocycles. The number of primary amides is 1. The Hall–Kier alpha value is -5.00. The lowest BCUT2D eigenvalue weighted by molar-refractivity contribution is -0.132. The van der Waals surface area contributed by atoms with Crippen molar-refractivity contribution in [2.75, 3.05) is 47.1 Å². The van der Waals surface area contributed by atoms with Crippen molar-refractivity contribution >= 4 is 101 Å². The summed E-state index contributed by atoms with van der Waals surface area (Å²) < 4.78 is 5.40. The molecular weight excluding hydrogens is 1000 g/mol. The molecule has 2 aromatic rings. The van der Waals surface area contributed by atoms with Gasteiger partial charge >= 0.3 is 6.09 Å². The first kappa shape index (κ1) is 51.4. The lowest BCUT2D eigenvalue weighted by Crippen LogP contribution is -2.56. The SMILES string of the molecule is NC(=O)[C@H](CCCCNC(=O)CBr)NC(=O)[C@H](CCCCNC(=O)CBr)NC(=O)[C@H](CCCCNC(=O)CBr)NC(=O)OCC(=O)N1Cc2ccccc2C#Cc2ccccc21. The molecule has 0 saturated heterocycles. The monoisotopic (exact) mass is 1050 g/mol. The van der Waals surface area contributed by atoms with Crippen LogP contribution >= 0.6 is 47.8 Å². The largest absolute Gasteiger partial charge is 0.439 e. The van der Waals surface area contributed by atoms with Gasteiger partial charge in [-0.2, -0.15) is 0 Å². The molecule has 20 heteroatoms. The highest BCUT2D eigenvalue weighted by Gasteiger charge is 2.30. The van der Waals surface area contributed by atoms with Crippen molar-refractivity contribution in [3.63, 3.8) is 0 Å². The number of alkyl halides is 3. The van der Waals surface area contributed by atoms with E-state index in [0.717, 1.165) is 11.1 Å². The second kappa shape index (κ2) is 28.6. The van der Waals surface area contributed by atoms with Crippen molar-refractivity contribution in [2.24, 2.45) is 5.73 Å². The number of anilines is 1. The molecule has 62 heavy (non-hydrogen) atoms. The van der Waals surface area contributed by atoms with Gasteiger partial charge in [0, 0.05) is 30.8 Å². The van der Waals surface area contributed by atoms with Crippen molar-refractivity contribution in [2.45, 2.75) is 82.5 Å². The maximum Gasteiger partial charge on any atom is 0.408 e. The van der Waals surface area contributed by atoms with E-state index >= 15 is 0 Å². The number of carbonyl (C=O) groups excluding carboxylic acids is 8. The van der Waals surface area contributed by atoms with Gasteiger partial charge in [0.25, 0.3) is 5.91 Å². The summed E-state index contributed by atoms with van der Waals surface area (Å²) in [6, 6.07) is 11.0. The molecule has 17 nitrogen and oxygen atoms in total. The molecule has 0 fully saturated rings. The fourth-order valence-electron chi connectivity index (χ4n) is 6.21. The Bertz CT molecular complexity index is 1940. The fourth-order valence-corrected chi connectivity index (χ4v) is 6.80. The van der Waals surface area contributed by atoms with E-state index in [9.17, 15) is 38.4 Å². The molecule has 1 aliphatic heterocycles. The minimum absolute atomic E-state index is 0.0659. The van der Waals surface area contributed by atoms with Crippen LogP contribution in [0.5, 0.6) is 0 Å². The van der Waals surface area contributed by atoms with Crippen LogP contribution in [0.25, 0.3) is 0 Å². The molecule has 1 heterocycles. The summed E-state index contributed by atoms with van der Waals surface area (Å²) in [5.74, 6) is 2.88. The third-order valence-electron chi connectivity index (χ3n) is 9.49. The van der Waals surface area contributed by atoms with Crippen LogP contribution in [0.2, 0.25) is 0 Å². The summed E-state index contributed by atoms with van der Waals surface area (Å²) >= 11 is 9.26. The number of hydrogen-bond donors (Lipinski definition) is 7. The molecule has 0 aliphatic carbocycles. The van der Waals surface area contributed by atoms with E-state index in [1.54, 1.807) is 18.2 Å². The van der Waals surface area contributed by atoms with Crippen LogP contribution in [0, 0.1) is 11.8 Å². The number of nitrogens with two attached hydrogens (primary N) is 1. The molecule has 3 atom stereocenters. The summed E-state index contributed by atoms with van der Waals surface area (Å²) in [5, 5.41) is 16.4. The predicted octanol–water partition coefficient (Wildman–Crippen LogP) is 2.53. The van der Waals surface area contributed by atoms with Gasteiger partial charge in [0.1, 0.15) is 18.1 Å². The number of hydrogen-bond acceptors (Lipinski definition) is 9. The van der Waals surface area contributed by atoms with Crippen molar-refractivity contribution in [3.8, 4) is 11.8 Å². The topological polar surface area (TPSA) is 247 Å². The Morgan fingerprint density at radius 3 is 1.60 bits per heavy atom. The van der Waals surface area contributed by atoms with Crippen LogP contribution in [0.4, 0.5) is 10.5 Å². The van der Waals surface area contributed by atoms with E-state index in [1.807, 2.05) is 30.3 Å². The molecule has 336 valence electrons. The number of nitrogens with one attached hydrogen (secondary N) is 6. The highest BCUT2D eigenvalue weighted by Crippen LogP contribution is 2.25. The Morgan fingerprint density at radius 1 is 0.613 bits per heavy atom. The van der Waals surface area contributed by atoms with Gasteiger partial charge in [-0.3, -0.25) is 33.6 Å². The van der Waals surface area contributed by atoms with E-state index in [0.29, 0.717) is 69.4 Å². The normalized spacial score (nSPS) is 12.8. The Morgan fingerprint density at radius 2 is 1.06 bits per heavy atom. The number of alkyl carbamates (subject to hydrolysis) is 1. The third-order valence-corrected chi connectivity index (χ3v) is 11.0. The minimum Gasteiger partial charge on any atom is -0.439 e. The number of ether oxygens (including phenoxy) is 1. The number of carbonyl (C=O) groups is 8. The van der Waals surface area contributed by atoms with Crippen LogP contribution in [0.1, 0.15) is 74.5 Å². The molecule has 0 bridgehead atoms. The van der Waals surface area contributed by atoms with Crippen molar-refractivity contribution in [1.82, 2.24) is 31.9 Å². The number of halogens is 3. The van der Waals surface area contributed by atoms with E-state index in [4.69, 9.17) is 10.5 Å². The zero-order valence-corrected chi connectivity index (χ0v) is 39.0. The van der Waals surface area contributed by atoms with Crippen LogP contribution in [0.15, 0.2) is 48.5 Å². The molecule has 0 radical (unpaired) electrons. The van der Waals surface area contributed by atoms with Crippen molar-refractivity contribution < 1.29 is 43.1 Å². The minimum atomic E-state index is -1.25. The van der Waals surface area contributed by atoms with E-state index in [2.05, 4.69) is 91.5 Å². The number of rotatable bonds is 26. The van der Waals surface area contributed by atoms with Crippen LogP contribution in [0.3, 0.4) is 0 Å². The maximum atomic E-state index is 14.0. The highest BCUT2D eigenvalue weighted by atomic mass is 79.9. The standard InChI is InChI=1S/C42H53Br3N8O9/c43-23-35(54)47-20-8-5-14-31(39(46)58)50-40(59)32(15-6-9-21-48-36(55)24-44)51-41(60)33(16-7-10-22-49-37(56)25-45)52-42(61)62-27-38(57)53-26-30-13-2-1-11-28(30)18-19-29-12-3-4-17-34(29)53/h1-4,11-13,17,31-33H,5-10,14-16,20-27H2,(H2,46,58)(H,47,54)(H,48,55)(H,49,56)(H,50,59)(H,51,60)(H,52,61)/t31-,32-,33-/m0/s1. The Balaban J connectivity index is 1.75. The number of unbranched alkanes of at least 4 members (excludes halogenated alkanes) is 3. The maximum absolute atomic E-state index is 14.0. The number of para-hydroxylation sites is 1. The summed E-state index contributed by atoms with van der Waals surface area (Å²) in [4.78, 5) is 104. The van der Waals surface area contributed by atoms with E-state index in [-0.39, 0.29) is 59.5 Å². The molecule has 0 spiro atoms. The average molecular weight is 1050 g/mol. The lowest BCUT2D eigenvalue weighted by Gasteiger charge is -2.26. The van der Waals surface area contributed by atoms with Gasteiger partial charge in [-0.25, -0.2) is 4.79 Å². The first-order valence-corrected chi connectivity index (χ1v) is 23.5. The lowest BCUT2D eigenvalue weighted by atomic mass is 10.0. The number of fused-ring (bicyclic) bond motifs is 2. The summed E-state index contributed by atoms with van der Waals surface area (Å²) in [7, 11) is 0. The quantitative estimate of drug-likeness (QED) is 0.0415. The van der Waals surface area contributed by atoms with Gasteiger partial charge in [-0.1, -0.05) is 90.0 Å². The number of benzene rings is 2. The van der Waals surface area contributed by atoms with E-state index in [1.165, 1.54) is 4.90 Å². The van der Waals surface area contributed by atoms with Crippen LogP contribution in [-0.4, -0.2) is 108 Å². The second-order valence-electron chi connectivity index (χ2n) is 14.1. The van der Waals surface area contributed by atoms with Gasteiger partial charge in [0.15, 0.2) is 6.61 Å². The van der Waals surface area contributed by atoms with E-state index < -0.39 is 54.5 Å². The molecule has 8 amide bonds. The average Bonchev–Trinajstić information content (AvgIpc) is 3.26. The second-order valence-corrected chi connectivity index (χ2v) is 15.8. The van der Waals surface area contributed by atoms with Crippen molar-refractivity contribution in [3.05, 3.63) is 65.2 Å². The first-order valence-electron chi connectivity index (χ1n) is 20.2. The fraction of sp³-hybridized carbons (Fsp3) is 0.476. The molecular formula is C42H53Br3N8O9. The molecule has 8 N–H and O–H groups in total. The van der Waals surface area contributed by atoms with Gasteiger partial charge in [0.05, 0.1) is 28.2 Å². The molecule has 0 saturated carbocycles. The molecule has 0 aromatic heterocycles. The Labute approximate surface area is 386 Å². The number of amides is 8. The zero-order chi connectivity index (χ0) is 45.3. The van der Waals surface area contributed by atoms with Crippen LogP contribution in [-0.2, 0) is 44.8 Å². The predicted molar refractivity (Wildman–Crippen MR) is 243 cm³/mol. The smallest absolute Gasteiger partial charge is 0.408 e. The summed E-state index contributed by atoms with van der Waals surface area (Å²) in [6.07, 6.45) is 1.87. The third kappa shape index (κ3) is 18.5. The zero-order valence-electron chi connectivity index (χ0n) is 34.2. The summed E-state index contributed by atoms with van der Waals surface area (Å²) in [5.41, 5.74) is 8.35. The first-order chi connectivity index (χ1) is 29.9. The molecule has 1 aliphatic rings. The Kier molecular flexibility index (Phi) is 23.7. The number of nitrogens with zero attached hydrogens (tertiary/aromatic N) is 1. The summed E-state index contributed by atoms with van der Waals surface area (Å²) in [6.45, 7) is 0.470. The van der Waals surface area contributed by atoms with Gasteiger partial charge < -0.3 is 47.3 Å². The van der Waals surface area contributed by atoms with Gasteiger partial charge in [0.2, 0.25) is 35.4 Å². The highest BCUT2D eigenvalue weighted by molar-refractivity contribution is 9.09. The van der Waals surface area contributed by atoms with Gasteiger partial charge in [-0.05, 0) is 81.5 Å². The molecule has 3 rings (SSSR count). The molecule has 0 unspecified atom stereocenters. The van der Waals surface area contributed by atoms with Gasteiger partial charge in [-0.15, -0.1) is 0 Å². The van der Waals surface area contributed by atoms with Crippen molar-refractivity contribution in [1.29, 1.82) is 0 Å².